The van der Waals surface area contributed by atoms with E-state index < -0.39 is 5.54 Å². The molecule has 20 heavy (non-hydrogen) atoms. The van der Waals surface area contributed by atoms with E-state index in [9.17, 15) is 4.79 Å². The number of carbonyl (C=O) groups excluding carboxylic acids is 1. The molecule has 2 rings (SSSR count). The van der Waals surface area contributed by atoms with Gasteiger partial charge in [-0.15, -0.1) is 0 Å². The van der Waals surface area contributed by atoms with Gasteiger partial charge in [0.2, 0.25) is 0 Å². The number of pyridine rings is 1. The number of carbonyl (C=O) groups is 1. The average molecular weight is 287 g/mol. The zero-order valence-electron chi connectivity index (χ0n) is 11.5. The predicted octanol–water partition coefficient (Wildman–Crippen LogP) is 2.42. The second-order valence-electron chi connectivity index (χ2n) is 4.89. The molecule has 1 heterocycles. The number of rotatable bonds is 4. The van der Waals surface area contributed by atoms with Gasteiger partial charge in [-0.2, -0.15) is 0 Å². The Morgan fingerprint density at radius 1 is 1.35 bits per heavy atom. The Balaban J connectivity index is 2.29. The lowest BCUT2D eigenvalue weighted by Crippen LogP contribution is -2.54. The molecule has 0 radical (unpaired) electrons. The molecule has 0 aliphatic heterocycles. The zero-order chi connectivity index (χ0) is 14.8. The van der Waals surface area contributed by atoms with E-state index in [-0.39, 0.29) is 10.9 Å². The molecular formula is C15H17N3OS. The molecule has 2 aromatic rings. The first-order valence-electron chi connectivity index (χ1n) is 6.44. The Labute approximate surface area is 123 Å². The van der Waals surface area contributed by atoms with Crippen molar-refractivity contribution in [2.45, 2.75) is 25.8 Å². The van der Waals surface area contributed by atoms with E-state index in [1.165, 1.54) is 0 Å². The number of nitrogens with zero attached hydrogens (tertiary/aromatic N) is 1. The Kier molecular flexibility index (Phi) is 3.99. The van der Waals surface area contributed by atoms with E-state index in [4.69, 9.17) is 18.0 Å². The monoisotopic (exact) mass is 287 g/mol. The van der Waals surface area contributed by atoms with Gasteiger partial charge in [0.05, 0.1) is 16.0 Å². The van der Waals surface area contributed by atoms with Gasteiger partial charge in [0.15, 0.2) is 0 Å². The highest BCUT2D eigenvalue weighted by molar-refractivity contribution is 7.80. The van der Waals surface area contributed by atoms with Crippen molar-refractivity contribution in [1.29, 1.82) is 0 Å². The quantitative estimate of drug-likeness (QED) is 0.847. The minimum atomic E-state index is -0.695. The summed E-state index contributed by atoms with van der Waals surface area (Å²) >= 11 is 5.02. The number of thiocarbonyl (C=S) groups is 1. The van der Waals surface area contributed by atoms with Gasteiger partial charge in [-0.05, 0) is 25.5 Å². The average Bonchev–Trinajstić information content (AvgIpc) is 2.46. The molecule has 0 aliphatic carbocycles. The number of amides is 1. The maximum atomic E-state index is 12.3. The van der Waals surface area contributed by atoms with Crippen molar-refractivity contribution in [2.75, 3.05) is 0 Å². The summed E-state index contributed by atoms with van der Waals surface area (Å²) in [5.41, 5.74) is 6.15. The van der Waals surface area contributed by atoms with E-state index in [0.29, 0.717) is 12.1 Å². The highest BCUT2D eigenvalue weighted by Gasteiger charge is 2.28. The van der Waals surface area contributed by atoms with Crippen molar-refractivity contribution in [2.24, 2.45) is 5.73 Å². The summed E-state index contributed by atoms with van der Waals surface area (Å²) in [5.74, 6) is -0.270. The van der Waals surface area contributed by atoms with Crippen LogP contribution >= 0.6 is 12.2 Å². The molecule has 1 aromatic heterocycles. The van der Waals surface area contributed by atoms with Crippen LogP contribution in [0.1, 0.15) is 30.8 Å². The lowest BCUT2D eigenvalue weighted by atomic mass is 9.98. The number of aromatic nitrogens is 1. The largest absolute Gasteiger partial charge is 0.391 e. The van der Waals surface area contributed by atoms with Gasteiger partial charge < -0.3 is 11.1 Å². The molecule has 0 saturated heterocycles. The first kappa shape index (κ1) is 14.4. The SMILES string of the molecule is CCC(C)(NC(=O)c1ccc2ccccc2n1)C(N)=S. The summed E-state index contributed by atoms with van der Waals surface area (Å²) in [6, 6.07) is 11.2. The standard InChI is InChI=1S/C15H17N3OS/c1-3-15(2,14(16)20)18-13(19)12-9-8-10-6-4-5-7-11(10)17-12/h4-9H,3H2,1-2H3,(H2,16,20)(H,18,19). The number of hydrogen-bond donors (Lipinski definition) is 2. The summed E-state index contributed by atoms with van der Waals surface area (Å²) in [6.45, 7) is 3.74. The molecule has 1 atom stereocenters. The van der Waals surface area contributed by atoms with Gasteiger partial charge in [0.25, 0.3) is 5.91 Å². The van der Waals surface area contributed by atoms with Crippen LogP contribution in [0.2, 0.25) is 0 Å². The van der Waals surface area contributed by atoms with Gasteiger partial charge in [0.1, 0.15) is 5.69 Å². The molecular weight excluding hydrogens is 270 g/mol. The van der Waals surface area contributed by atoms with Crippen molar-refractivity contribution in [3.05, 3.63) is 42.1 Å². The Bertz CT molecular complexity index is 671. The van der Waals surface area contributed by atoms with E-state index in [1.54, 1.807) is 6.07 Å². The smallest absolute Gasteiger partial charge is 0.270 e. The third-order valence-electron chi connectivity index (χ3n) is 3.47. The Morgan fingerprint density at radius 3 is 2.70 bits per heavy atom. The van der Waals surface area contributed by atoms with Crippen LogP contribution in [-0.4, -0.2) is 21.4 Å². The number of fused-ring (bicyclic) bond motifs is 1. The lowest BCUT2D eigenvalue weighted by molar-refractivity contribution is 0.0922. The van der Waals surface area contributed by atoms with Crippen LogP contribution in [0.25, 0.3) is 10.9 Å². The summed E-state index contributed by atoms with van der Waals surface area (Å²) in [7, 11) is 0. The predicted molar refractivity (Wildman–Crippen MR) is 84.7 cm³/mol. The molecule has 4 nitrogen and oxygen atoms in total. The van der Waals surface area contributed by atoms with Crippen LogP contribution < -0.4 is 11.1 Å². The molecule has 1 unspecified atom stereocenters. The van der Waals surface area contributed by atoms with E-state index in [0.717, 1.165) is 10.9 Å². The molecule has 0 bridgehead atoms. The van der Waals surface area contributed by atoms with Gasteiger partial charge in [-0.1, -0.05) is 43.4 Å². The summed E-state index contributed by atoms with van der Waals surface area (Å²) in [5, 5.41) is 3.85. The Morgan fingerprint density at radius 2 is 2.05 bits per heavy atom. The number of nitrogens with one attached hydrogen (secondary N) is 1. The highest BCUT2D eigenvalue weighted by atomic mass is 32.1. The summed E-state index contributed by atoms with van der Waals surface area (Å²) in [4.78, 5) is 16.9. The van der Waals surface area contributed by atoms with Crippen LogP contribution in [0, 0.1) is 0 Å². The van der Waals surface area contributed by atoms with E-state index in [2.05, 4.69) is 10.3 Å². The van der Waals surface area contributed by atoms with Crippen LogP contribution in [0.15, 0.2) is 36.4 Å². The van der Waals surface area contributed by atoms with Crippen molar-refractivity contribution in [3.63, 3.8) is 0 Å². The molecule has 0 saturated carbocycles. The fourth-order valence-corrected chi connectivity index (χ4v) is 2.03. The van der Waals surface area contributed by atoms with Crippen molar-refractivity contribution < 1.29 is 4.79 Å². The van der Waals surface area contributed by atoms with Crippen molar-refractivity contribution in [1.82, 2.24) is 10.3 Å². The molecule has 0 aliphatic rings. The van der Waals surface area contributed by atoms with Gasteiger partial charge in [-0.3, -0.25) is 4.79 Å². The van der Waals surface area contributed by atoms with Crippen LogP contribution in [0.5, 0.6) is 0 Å². The Hall–Kier alpha value is -2.01. The summed E-state index contributed by atoms with van der Waals surface area (Å²) < 4.78 is 0. The summed E-state index contributed by atoms with van der Waals surface area (Å²) in [6.07, 6.45) is 0.627. The maximum absolute atomic E-state index is 12.3. The van der Waals surface area contributed by atoms with E-state index >= 15 is 0 Å². The topological polar surface area (TPSA) is 68.0 Å². The molecule has 1 amide bonds. The fourth-order valence-electron chi connectivity index (χ4n) is 1.83. The third kappa shape index (κ3) is 2.77. The van der Waals surface area contributed by atoms with Crippen LogP contribution in [0.4, 0.5) is 0 Å². The second-order valence-corrected chi connectivity index (χ2v) is 5.33. The minimum Gasteiger partial charge on any atom is -0.391 e. The van der Waals surface area contributed by atoms with Gasteiger partial charge in [-0.25, -0.2) is 4.98 Å². The second kappa shape index (κ2) is 5.54. The lowest BCUT2D eigenvalue weighted by Gasteiger charge is -2.28. The van der Waals surface area contributed by atoms with Crippen LogP contribution in [0.3, 0.4) is 0 Å². The fraction of sp³-hybridized carbons (Fsp3) is 0.267. The van der Waals surface area contributed by atoms with Gasteiger partial charge in [0, 0.05) is 5.39 Å². The minimum absolute atomic E-state index is 0.270. The zero-order valence-corrected chi connectivity index (χ0v) is 12.3. The van der Waals surface area contributed by atoms with Crippen molar-refractivity contribution in [3.8, 4) is 0 Å². The first-order valence-corrected chi connectivity index (χ1v) is 6.85. The number of hydrogen-bond acceptors (Lipinski definition) is 3. The number of para-hydroxylation sites is 1. The molecule has 0 spiro atoms. The van der Waals surface area contributed by atoms with Crippen LogP contribution in [-0.2, 0) is 0 Å². The number of nitrogens with two attached hydrogens (primary N) is 1. The number of benzene rings is 1. The third-order valence-corrected chi connectivity index (χ3v) is 3.92. The highest BCUT2D eigenvalue weighted by Crippen LogP contribution is 2.14. The molecule has 104 valence electrons. The van der Waals surface area contributed by atoms with Gasteiger partial charge >= 0.3 is 0 Å². The molecule has 0 fully saturated rings. The molecule has 1 aromatic carbocycles. The normalized spacial score (nSPS) is 13.7. The first-order chi connectivity index (χ1) is 9.46. The maximum Gasteiger partial charge on any atom is 0.270 e. The molecule has 5 heteroatoms. The van der Waals surface area contributed by atoms with Crippen molar-refractivity contribution >= 4 is 34.0 Å². The molecule has 3 N–H and O–H groups in total. The van der Waals surface area contributed by atoms with E-state index in [1.807, 2.05) is 44.2 Å².